The number of nitriles is 1. The lowest BCUT2D eigenvalue weighted by molar-refractivity contribution is -0.116. The molecule has 140 valence electrons. The molecule has 0 bridgehead atoms. The van der Waals surface area contributed by atoms with E-state index < -0.39 is 0 Å². The molecule has 27 heavy (non-hydrogen) atoms. The fraction of sp³-hybridized carbons (Fsp3) is 0.238. The second kappa shape index (κ2) is 10.5. The minimum absolute atomic E-state index is 0.0502. The molecular formula is C21H23N3O3. The van der Waals surface area contributed by atoms with Crippen molar-refractivity contribution in [3.05, 3.63) is 60.2 Å². The van der Waals surface area contributed by atoms with Crippen LogP contribution in [0.4, 0.5) is 5.69 Å². The molecule has 0 fully saturated rings. The van der Waals surface area contributed by atoms with Gasteiger partial charge in [0, 0.05) is 31.9 Å². The number of rotatable bonds is 9. The Morgan fingerprint density at radius 1 is 1.22 bits per heavy atom. The molecule has 0 aromatic heterocycles. The molecule has 1 amide bonds. The van der Waals surface area contributed by atoms with Gasteiger partial charge in [0.1, 0.15) is 6.07 Å². The van der Waals surface area contributed by atoms with E-state index in [4.69, 9.17) is 14.7 Å². The highest BCUT2D eigenvalue weighted by atomic mass is 16.5. The smallest absolute Gasteiger partial charge is 0.244 e. The van der Waals surface area contributed by atoms with Crippen LogP contribution in [0.15, 0.2) is 54.6 Å². The Balaban J connectivity index is 1.84. The van der Waals surface area contributed by atoms with Crippen LogP contribution in [0.3, 0.4) is 0 Å². The van der Waals surface area contributed by atoms with E-state index in [0.29, 0.717) is 24.6 Å². The van der Waals surface area contributed by atoms with Gasteiger partial charge in [0.05, 0.1) is 7.11 Å². The largest absolute Gasteiger partial charge is 0.493 e. The molecule has 0 atom stereocenters. The maximum atomic E-state index is 12.0. The maximum Gasteiger partial charge on any atom is 0.244 e. The number of nitrogens with one attached hydrogen (secondary N) is 1. The van der Waals surface area contributed by atoms with Crippen molar-refractivity contribution in [3.8, 4) is 17.6 Å². The van der Waals surface area contributed by atoms with Gasteiger partial charge in [-0.2, -0.15) is 5.26 Å². The third-order valence-electron chi connectivity index (χ3n) is 3.85. The van der Waals surface area contributed by atoms with Gasteiger partial charge in [-0.15, -0.1) is 0 Å². The topological polar surface area (TPSA) is 74.6 Å². The van der Waals surface area contributed by atoms with Gasteiger partial charge in [-0.25, -0.2) is 0 Å². The Kier molecular flexibility index (Phi) is 7.73. The number of anilines is 1. The molecule has 6 heteroatoms. The van der Waals surface area contributed by atoms with Crippen LogP contribution in [0, 0.1) is 11.3 Å². The summed E-state index contributed by atoms with van der Waals surface area (Å²) in [6, 6.07) is 17.2. The third-order valence-corrected chi connectivity index (χ3v) is 3.85. The van der Waals surface area contributed by atoms with Crippen molar-refractivity contribution in [1.82, 2.24) is 5.32 Å². The van der Waals surface area contributed by atoms with Crippen molar-refractivity contribution in [2.75, 3.05) is 38.8 Å². The Bertz CT molecular complexity index is 813. The molecule has 6 nitrogen and oxygen atoms in total. The van der Waals surface area contributed by atoms with Gasteiger partial charge in [-0.05, 0) is 35.9 Å². The van der Waals surface area contributed by atoms with E-state index in [1.165, 1.54) is 13.2 Å². The zero-order chi connectivity index (χ0) is 19.5. The lowest BCUT2D eigenvalue weighted by Gasteiger charge is -2.19. The monoisotopic (exact) mass is 365 g/mol. The van der Waals surface area contributed by atoms with Crippen molar-refractivity contribution < 1.29 is 14.3 Å². The maximum absolute atomic E-state index is 12.0. The standard InChI is InChI=1S/C21H23N3O3/c1-24(18-6-4-3-5-7-18)14-13-23-21(25)11-9-17-8-10-19(27-15-12-22)20(16-17)26-2/h3-11,16H,13-15H2,1-2H3,(H,23,25)/b11-9+. The predicted molar refractivity (Wildman–Crippen MR) is 106 cm³/mol. The van der Waals surface area contributed by atoms with Crippen LogP contribution in [0.1, 0.15) is 5.56 Å². The number of amides is 1. The zero-order valence-electron chi connectivity index (χ0n) is 15.5. The molecule has 0 aliphatic heterocycles. The quantitative estimate of drug-likeness (QED) is 0.692. The van der Waals surface area contributed by atoms with Gasteiger partial charge in [0.2, 0.25) is 5.91 Å². The van der Waals surface area contributed by atoms with Crippen LogP contribution < -0.4 is 19.7 Å². The highest BCUT2D eigenvalue weighted by molar-refractivity contribution is 5.91. The summed E-state index contributed by atoms with van der Waals surface area (Å²) in [6.45, 7) is 1.20. The van der Waals surface area contributed by atoms with Gasteiger partial charge >= 0.3 is 0 Å². The lowest BCUT2D eigenvalue weighted by atomic mass is 10.2. The van der Waals surface area contributed by atoms with E-state index in [2.05, 4.69) is 10.2 Å². The SMILES string of the molecule is COc1cc(/C=C/C(=O)NCCN(C)c2ccccc2)ccc1OCC#N. The molecule has 0 heterocycles. The molecule has 0 saturated carbocycles. The predicted octanol–water partition coefficient (Wildman–Crippen LogP) is 2.86. The molecule has 2 aromatic rings. The molecule has 0 radical (unpaired) electrons. The molecule has 0 spiro atoms. The number of nitrogens with zero attached hydrogens (tertiary/aromatic N) is 2. The summed E-state index contributed by atoms with van der Waals surface area (Å²) in [4.78, 5) is 14.1. The molecule has 0 saturated heterocycles. The van der Waals surface area contributed by atoms with Crippen molar-refractivity contribution in [2.45, 2.75) is 0 Å². The summed E-state index contributed by atoms with van der Waals surface area (Å²) in [5.41, 5.74) is 1.90. The highest BCUT2D eigenvalue weighted by Crippen LogP contribution is 2.28. The van der Waals surface area contributed by atoms with Gasteiger partial charge in [0.25, 0.3) is 0 Å². The van der Waals surface area contributed by atoms with Gasteiger partial charge < -0.3 is 19.7 Å². The van der Waals surface area contributed by atoms with Crippen LogP contribution in [-0.2, 0) is 4.79 Å². The average molecular weight is 365 g/mol. The first kappa shape index (κ1) is 19.9. The molecular weight excluding hydrogens is 342 g/mol. The third kappa shape index (κ3) is 6.40. The van der Waals surface area contributed by atoms with Crippen molar-refractivity contribution in [1.29, 1.82) is 5.26 Å². The first-order chi connectivity index (χ1) is 13.1. The van der Waals surface area contributed by atoms with Crippen molar-refractivity contribution >= 4 is 17.7 Å². The summed E-state index contributed by atoms with van der Waals surface area (Å²) in [5.74, 6) is 0.835. The van der Waals surface area contributed by atoms with E-state index in [1.807, 2.05) is 43.4 Å². The zero-order valence-corrected chi connectivity index (χ0v) is 15.5. The van der Waals surface area contributed by atoms with E-state index in [1.54, 1.807) is 24.3 Å². The second-order valence-electron chi connectivity index (χ2n) is 5.74. The number of para-hydroxylation sites is 1. The normalized spacial score (nSPS) is 10.3. The van der Waals surface area contributed by atoms with E-state index in [0.717, 1.165) is 11.3 Å². The molecule has 0 unspecified atom stereocenters. The number of methoxy groups -OCH3 is 1. The molecule has 1 N–H and O–H groups in total. The summed E-state index contributed by atoms with van der Waals surface area (Å²) >= 11 is 0. The lowest BCUT2D eigenvalue weighted by Crippen LogP contribution is -2.31. The summed E-state index contributed by atoms with van der Waals surface area (Å²) in [7, 11) is 3.51. The van der Waals surface area contributed by atoms with Crippen LogP contribution in [0.5, 0.6) is 11.5 Å². The molecule has 0 aliphatic carbocycles. The van der Waals surface area contributed by atoms with Crippen LogP contribution >= 0.6 is 0 Å². The highest BCUT2D eigenvalue weighted by Gasteiger charge is 2.05. The fourth-order valence-electron chi connectivity index (χ4n) is 2.41. The van der Waals surface area contributed by atoms with E-state index in [-0.39, 0.29) is 12.5 Å². The van der Waals surface area contributed by atoms with Crippen LogP contribution in [-0.4, -0.2) is 39.8 Å². The number of ether oxygens (including phenoxy) is 2. The number of hydrogen-bond acceptors (Lipinski definition) is 5. The van der Waals surface area contributed by atoms with Gasteiger partial charge in [0.15, 0.2) is 18.1 Å². The number of hydrogen-bond donors (Lipinski definition) is 1. The van der Waals surface area contributed by atoms with E-state index >= 15 is 0 Å². The Labute approximate surface area is 159 Å². The molecule has 2 aromatic carbocycles. The fourth-order valence-corrected chi connectivity index (χ4v) is 2.41. The first-order valence-corrected chi connectivity index (χ1v) is 8.54. The molecule has 0 aliphatic rings. The van der Waals surface area contributed by atoms with Crippen molar-refractivity contribution in [2.24, 2.45) is 0 Å². The minimum Gasteiger partial charge on any atom is -0.493 e. The van der Waals surface area contributed by atoms with Gasteiger partial charge in [-0.1, -0.05) is 24.3 Å². The minimum atomic E-state index is -0.166. The molecule has 2 rings (SSSR count). The first-order valence-electron chi connectivity index (χ1n) is 8.54. The average Bonchev–Trinajstić information content (AvgIpc) is 2.71. The summed E-state index contributed by atoms with van der Waals surface area (Å²) in [5, 5.41) is 11.4. The number of carbonyl (C=O) groups is 1. The number of benzene rings is 2. The van der Waals surface area contributed by atoms with Crippen LogP contribution in [0.25, 0.3) is 6.08 Å². The van der Waals surface area contributed by atoms with Crippen molar-refractivity contribution in [3.63, 3.8) is 0 Å². The summed E-state index contributed by atoms with van der Waals surface area (Å²) in [6.07, 6.45) is 3.18. The van der Waals surface area contributed by atoms with E-state index in [9.17, 15) is 4.79 Å². The van der Waals surface area contributed by atoms with Gasteiger partial charge in [-0.3, -0.25) is 4.79 Å². The number of carbonyl (C=O) groups excluding carboxylic acids is 1. The Hall–Kier alpha value is -3.46. The summed E-state index contributed by atoms with van der Waals surface area (Å²) < 4.78 is 10.5. The number of likely N-dealkylation sites (N-methyl/N-ethyl adjacent to an activating group) is 1. The second-order valence-corrected chi connectivity index (χ2v) is 5.74. The van der Waals surface area contributed by atoms with Crippen LogP contribution in [0.2, 0.25) is 0 Å². The Morgan fingerprint density at radius 2 is 2.00 bits per heavy atom. The Morgan fingerprint density at radius 3 is 2.70 bits per heavy atom.